The molecule has 0 radical (unpaired) electrons. The molecule has 2 saturated heterocycles. The summed E-state index contributed by atoms with van der Waals surface area (Å²) in [5, 5.41) is 0. The maximum Gasteiger partial charge on any atom is 0.169 e. The molecule has 0 aliphatic carbocycles. The first-order chi connectivity index (χ1) is 6.11. The van der Waals surface area contributed by atoms with E-state index in [9.17, 15) is 0 Å². The Morgan fingerprint density at radius 2 is 1.92 bits per heavy atom. The van der Waals surface area contributed by atoms with E-state index < -0.39 is 0 Å². The summed E-state index contributed by atoms with van der Waals surface area (Å²) in [6.45, 7) is 6.56. The molecule has 2 fully saturated rings. The molecule has 0 bridgehead atoms. The zero-order valence-corrected chi connectivity index (χ0v) is 8.88. The van der Waals surface area contributed by atoms with E-state index in [2.05, 4.69) is 20.8 Å². The van der Waals surface area contributed by atoms with Crippen molar-refractivity contribution in [1.29, 1.82) is 0 Å². The molecule has 0 aromatic heterocycles. The Hall–Kier alpha value is -0.0800. The zero-order chi connectivity index (χ0) is 9.47. The predicted octanol–water partition coefficient (Wildman–Crippen LogP) is 2.72. The smallest absolute Gasteiger partial charge is 0.169 e. The molecule has 2 heterocycles. The number of hydrogen-bond donors (Lipinski definition) is 0. The van der Waals surface area contributed by atoms with E-state index in [-0.39, 0.29) is 5.79 Å². The van der Waals surface area contributed by atoms with Gasteiger partial charge in [-0.15, -0.1) is 0 Å². The van der Waals surface area contributed by atoms with E-state index in [1.165, 1.54) is 12.8 Å². The highest BCUT2D eigenvalue weighted by molar-refractivity contribution is 4.87. The van der Waals surface area contributed by atoms with Gasteiger partial charge in [-0.05, 0) is 32.6 Å². The van der Waals surface area contributed by atoms with Crippen molar-refractivity contribution < 1.29 is 9.47 Å². The molecule has 2 aliphatic rings. The second-order valence-electron chi connectivity index (χ2n) is 4.74. The molecule has 4 atom stereocenters. The highest BCUT2D eigenvalue weighted by atomic mass is 16.7. The molecular weight excluding hydrogens is 164 g/mol. The van der Waals surface area contributed by atoms with E-state index in [1.807, 2.05) is 0 Å². The first-order valence-electron chi connectivity index (χ1n) is 5.47. The van der Waals surface area contributed by atoms with Crippen molar-refractivity contribution in [3.05, 3.63) is 0 Å². The summed E-state index contributed by atoms with van der Waals surface area (Å²) in [6, 6.07) is 0. The summed E-state index contributed by atoms with van der Waals surface area (Å²) >= 11 is 0. The van der Waals surface area contributed by atoms with Crippen LogP contribution in [0.4, 0.5) is 0 Å². The minimum atomic E-state index is -0.212. The number of rotatable bonds is 0. The van der Waals surface area contributed by atoms with Gasteiger partial charge in [0.05, 0.1) is 12.2 Å². The third-order valence-electron chi connectivity index (χ3n) is 3.42. The molecule has 0 unspecified atom stereocenters. The van der Waals surface area contributed by atoms with Crippen LogP contribution >= 0.6 is 0 Å². The second-order valence-corrected chi connectivity index (χ2v) is 4.74. The van der Waals surface area contributed by atoms with Crippen molar-refractivity contribution >= 4 is 0 Å². The van der Waals surface area contributed by atoms with E-state index in [0.29, 0.717) is 18.1 Å². The van der Waals surface area contributed by atoms with Gasteiger partial charge in [-0.1, -0.05) is 6.92 Å². The Balaban J connectivity index is 2.04. The molecule has 2 nitrogen and oxygen atoms in total. The van der Waals surface area contributed by atoms with E-state index in [4.69, 9.17) is 9.47 Å². The Kier molecular flexibility index (Phi) is 2.37. The van der Waals surface area contributed by atoms with E-state index in [0.717, 1.165) is 12.8 Å². The molecule has 0 aromatic rings. The zero-order valence-electron chi connectivity index (χ0n) is 8.88. The van der Waals surface area contributed by atoms with Crippen molar-refractivity contribution in [2.24, 2.45) is 5.92 Å². The number of ether oxygens (including phenoxy) is 2. The first kappa shape index (κ1) is 9.47. The standard InChI is InChI=1S/C11H20O2/c1-8-7-11(13-10(8)3)6-4-5-9(2)12-11/h8-10H,4-7H2,1-3H3/t8-,9+,10+,11-/m0/s1. The van der Waals surface area contributed by atoms with Crippen LogP contribution < -0.4 is 0 Å². The molecule has 2 heteroatoms. The average Bonchev–Trinajstić information content (AvgIpc) is 2.26. The van der Waals surface area contributed by atoms with Gasteiger partial charge >= 0.3 is 0 Å². The van der Waals surface area contributed by atoms with Crippen molar-refractivity contribution in [2.45, 2.75) is 64.4 Å². The highest BCUT2D eigenvalue weighted by Gasteiger charge is 2.45. The molecular formula is C11H20O2. The third-order valence-corrected chi connectivity index (χ3v) is 3.42. The lowest BCUT2D eigenvalue weighted by molar-refractivity contribution is -0.264. The van der Waals surface area contributed by atoms with Gasteiger partial charge in [0.15, 0.2) is 5.79 Å². The molecule has 13 heavy (non-hydrogen) atoms. The summed E-state index contributed by atoms with van der Waals surface area (Å²) in [5.74, 6) is 0.432. The first-order valence-corrected chi connectivity index (χ1v) is 5.47. The summed E-state index contributed by atoms with van der Waals surface area (Å²) < 4.78 is 11.9. The van der Waals surface area contributed by atoms with E-state index in [1.54, 1.807) is 0 Å². The fourth-order valence-corrected chi connectivity index (χ4v) is 2.54. The van der Waals surface area contributed by atoms with Gasteiger partial charge in [-0.25, -0.2) is 0 Å². The van der Waals surface area contributed by atoms with Gasteiger partial charge in [0, 0.05) is 12.8 Å². The summed E-state index contributed by atoms with van der Waals surface area (Å²) in [7, 11) is 0. The SMILES string of the molecule is C[C@@H]1CCC[C@]2(C[C@H](C)[C@@H](C)O2)O1. The summed E-state index contributed by atoms with van der Waals surface area (Å²) in [4.78, 5) is 0. The van der Waals surface area contributed by atoms with Gasteiger partial charge in [0.1, 0.15) is 0 Å². The molecule has 76 valence electrons. The Morgan fingerprint density at radius 3 is 2.46 bits per heavy atom. The van der Waals surface area contributed by atoms with Crippen molar-refractivity contribution in [1.82, 2.24) is 0 Å². The maximum atomic E-state index is 5.95. The Bertz CT molecular complexity index is 175. The van der Waals surface area contributed by atoms with Gasteiger partial charge in [0.25, 0.3) is 0 Å². The molecule has 0 aromatic carbocycles. The monoisotopic (exact) mass is 184 g/mol. The molecule has 2 rings (SSSR count). The predicted molar refractivity (Wildman–Crippen MR) is 51.5 cm³/mol. The lowest BCUT2D eigenvalue weighted by atomic mass is 9.94. The third kappa shape index (κ3) is 1.75. The van der Waals surface area contributed by atoms with Crippen LogP contribution in [-0.4, -0.2) is 18.0 Å². The maximum absolute atomic E-state index is 5.95. The van der Waals surface area contributed by atoms with Crippen LogP contribution in [0.25, 0.3) is 0 Å². The lowest BCUT2D eigenvalue weighted by Crippen LogP contribution is -2.39. The number of hydrogen-bond acceptors (Lipinski definition) is 2. The van der Waals surface area contributed by atoms with Crippen LogP contribution in [0.1, 0.15) is 46.5 Å². The van der Waals surface area contributed by atoms with Crippen LogP contribution in [-0.2, 0) is 9.47 Å². The van der Waals surface area contributed by atoms with Gasteiger partial charge in [-0.2, -0.15) is 0 Å². The topological polar surface area (TPSA) is 18.5 Å². The minimum absolute atomic E-state index is 0.212. The molecule has 0 N–H and O–H groups in total. The lowest BCUT2D eigenvalue weighted by Gasteiger charge is -2.36. The molecule has 0 saturated carbocycles. The normalized spacial score (nSPS) is 51.5. The van der Waals surface area contributed by atoms with Gasteiger partial charge < -0.3 is 9.47 Å². The summed E-state index contributed by atoms with van der Waals surface area (Å²) in [6.07, 6.45) is 5.36. The fraction of sp³-hybridized carbons (Fsp3) is 1.00. The Labute approximate surface area is 80.6 Å². The highest BCUT2D eigenvalue weighted by Crippen LogP contribution is 2.42. The van der Waals surface area contributed by atoms with E-state index >= 15 is 0 Å². The van der Waals surface area contributed by atoms with Crippen LogP contribution in [0.15, 0.2) is 0 Å². The van der Waals surface area contributed by atoms with Crippen LogP contribution in [0.2, 0.25) is 0 Å². The van der Waals surface area contributed by atoms with Crippen molar-refractivity contribution in [3.8, 4) is 0 Å². The largest absolute Gasteiger partial charge is 0.347 e. The quantitative estimate of drug-likeness (QED) is 0.576. The molecule has 1 spiro atoms. The van der Waals surface area contributed by atoms with Crippen LogP contribution in [0.5, 0.6) is 0 Å². The van der Waals surface area contributed by atoms with Crippen molar-refractivity contribution in [2.75, 3.05) is 0 Å². The fourth-order valence-electron chi connectivity index (χ4n) is 2.54. The second kappa shape index (κ2) is 3.25. The van der Waals surface area contributed by atoms with Gasteiger partial charge in [0.2, 0.25) is 0 Å². The Morgan fingerprint density at radius 1 is 1.15 bits per heavy atom. The minimum Gasteiger partial charge on any atom is -0.347 e. The van der Waals surface area contributed by atoms with Crippen LogP contribution in [0, 0.1) is 5.92 Å². The molecule has 2 aliphatic heterocycles. The van der Waals surface area contributed by atoms with Crippen molar-refractivity contribution in [3.63, 3.8) is 0 Å². The van der Waals surface area contributed by atoms with Gasteiger partial charge in [-0.3, -0.25) is 0 Å². The molecule has 0 amide bonds. The average molecular weight is 184 g/mol. The van der Waals surface area contributed by atoms with Crippen LogP contribution in [0.3, 0.4) is 0 Å². The summed E-state index contributed by atoms with van der Waals surface area (Å²) in [5.41, 5.74) is 0.